The summed E-state index contributed by atoms with van der Waals surface area (Å²) in [5.74, 6) is 2.70. The number of epoxide rings is 2. The maximum Gasteiger partial charge on any atom is 0.185 e. The molecular weight excluding hydrogens is 448 g/mol. The number of carbonyl (C=O) groups excluding carboxylic acids is 1. The summed E-state index contributed by atoms with van der Waals surface area (Å²) in [7, 11) is 3.23. The van der Waals surface area contributed by atoms with Crippen LogP contribution in [0.2, 0.25) is 0 Å². The number of benzene rings is 2. The maximum atomic E-state index is 13.3. The first-order valence-corrected chi connectivity index (χ1v) is 11.9. The summed E-state index contributed by atoms with van der Waals surface area (Å²) in [4.78, 5) is 13.3. The fourth-order valence-corrected chi connectivity index (χ4v) is 4.06. The number of methoxy groups -OCH3 is 2. The Kier molecular flexibility index (Phi) is 7.06. The van der Waals surface area contributed by atoms with Gasteiger partial charge in [0.1, 0.15) is 25.4 Å². The number of rotatable bonds is 10. The molecule has 0 N–H and O–H groups in total. The highest BCUT2D eigenvalue weighted by molar-refractivity contribution is 6.14. The molecule has 2 atom stereocenters. The van der Waals surface area contributed by atoms with Crippen LogP contribution in [0.25, 0.3) is 12.2 Å². The predicted molar refractivity (Wildman–Crippen MR) is 131 cm³/mol. The molecule has 5 rings (SSSR count). The van der Waals surface area contributed by atoms with Gasteiger partial charge in [-0.1, -0.05) is 12.1 Å². The van der Waals surface area contributed by atoms with Gasteiger partial charge in [0.25, 0.3) is 0 Å². The summed E-state index contributed by atoms with van der Waals surface area (Å²) < 4.78 is 33.0. The zero-order valence-electron chi connectivity index (χ0n) is 20.1. The van der Waals surface area contributed by atoms with Gasteiger partial charge in [0.15, 0.2) is 28.8 Å². The summed E-state index contributed by atoms with van der Waals surface area (Å²) in [6, 6.07) is 11.4. The van der Waals surface area contributed by atoms with E-state index in [1.165, 1.54) is 0 Å². The fourth-order valence-electron chi connectivity index (χ4n) is 4.06. The number of hydrogen-bond acceptors (Lipinski definition) is 7. The van der Waals surface area contributed by atoms with Crippen LogP contribution in [0.1, 0.15) is 30.4 Å². The molecule has 3 fully saturated rings. The summed E-state index contributed by atoms with van der Waals surface area (Å²) in [6.07, 6.45) is 6.65. The van der Waals surface area contributed by atoms with Gasteiger partial charge in [-0.15, -0.1) is 0 Å². The van der Waals surface area contributed by atoms with Crippen molar-refractivity contribution in [2.75, 3.05) is 40.6 Å². The molecule has 184 valence electrons. The Morgan fingerprint density at radius 3 is 1.63 bits per heavy atom. The standard InChI is InChI=1S/C28H30O7/c1-30-26-12-18(6-8-24(26)34-16-22-14-32-22)10-20-4-3-5-21(28(20)29)11-19-7-9-25(27(13-19)31-2)35-17-23-15-33-23/h6-13,22-23H,3-5,14-17H2,1-2H3/b20-10+,21-11?. The molecule has 2 aliphatic heterocycles. The second-order valence-corrected chi connectivity index (χ2v) is 8.88. The van der Waals surface area contributed by atoms with Gasteiger partial charge in [-0.05, 0) is 66.8 Å². The fraction of sp³-hybridized carbons (Fsp3) is 0.393. The Morgan fingerprint density at radius 1 is 0.771 bits per heavy atom. The average molecular weight is 479 g/mol. The maximum absolute atomic E-state index is 13.3. The number of allylic oxidation sites excluding steroid dienone is 2. The van der Waals surface area contributed by atoms with E-state index in [4.69, 9.17) is 28.4 Å². The van der Waals surface area contributed by atoms with Crippen LogP contribution in [0.4, 0.5) is 0 Å². The molecular formula is C28H30O7. The highest BCUT2D eigenvalue weighted by Gasteiger charge is 2.25. The van der Waals surface area contributed by atoms with Crippen molar-refractivity contribution >= 4 is 17.9 Å². The Balaban J connectivity index is 1.31. The van der Waals surface area contributed by atoms with Crippen molar-refractivity contribution in [3.05, 3.63) is 58.7 Å². The Bertz CT molecular complexity index is 1050. The molecule has 1 saturated carbocycles. The van der Waals surface area contributed by atoms with Crippen LogP contribution < -0.4 is 18.9 Å². The van der Waals surface area contributed by atoms with Gasteiger partial charge < -0.3 is 28.4 Å². The van der Waals surface area contributed by atoms with Crippen LogP contribution >= 0.6 is 0 Å². The molecule has 0 amide bonds. The molecule has 0 aromatic heterocycles. The van der Waals surface area contributed by atoms with Crippen LogP contribution in [0.15, 0.2) is 47.5 Å². The smallest absolute Gasteiger partial charge is 0.185 e. The summed E-state index contributed by atoms with van der Waals surface area (Å²) in [5.41, 5.74) is 3.40. The number of ketones is 1. The highest BCUT2D eigenvalue weighted by Crippen LogP contribution is 2.34. The minimum atomic E-state index is 0.0756. The summed E-state index contributed by atoms with van der Waals surface area (Å²) in [6.45, 7) is 2.50. The van der Waals surface area contributed by atoms with E-state index in [1.807, 2.05) is 48.6 Å². The molecule has 2 saturated heterocycles. The van der Waals surface area contributed by atoms with Crippen molar-refractivity contribution in [1.29, 1.82) is 0 Å². The van der Waals surface area contributed by atoms with E-state index in [0.29, 0.717) is 36.2 Å². The average Bonchev–Trinajstić information content (AvgIpc) is 3.80. The monoisotopic (exact) mass is 478 g/mol. The van der Waals surface area contributed by atoms with Gasteiger partial charge in [0.2, 0.25) is 0 Å². The van der Waals surface area contributed by atoms with Gasteiger partial charge in [-0.3, -0.25) is 4.79 Å². The Labute approximate surface area is 205 Å². The third kappa shape index (κ3) is 6.05. The van der Waals surface area contributed by atoms with Gasteiger partial charge in [0.05, 0.1) is 27.4 Å². The zero-order chi connectivity index (χ0) is 24.2. The van der Waals surface area contributed by atoms with Crippen molar-refractivity contribution in [2.24, 2.45) is 0 Å². The highest BCUT2D eigenvalue weighted by atomic mass is 16.6. The van der Waals surface area contributed by atoms with Crippen LogP contribution in [0, 0.1) is 0 Å². The lowest BCUT2D eigenvalue weighted by molar-refractivity contribution is -0.112. The predicted octanol–water partition coefficient (Wildman–Crippen LogP) is 4.48. The number of hydrogen-bond donors (Lipinski definition) is 0. The normalized spacial score (nSPS) is 23.3. The molecule has 7 heteroatoms. The van der Waals surface area contributed by atoms with Crippen molar-refractivity contribution in [3.63, 3.8) is 0 Å². The second-order valence-electron chi connectivity index (χ2n) is 8.88. The third-order valence-corrected chi connectivity index (χ3v) is 6.19. The molecule has 3 aliphatic rings. The van der Waals surface area contributed by atoms with E-state index >= 15 is 0 Å². The third-order valence-electron chi connectivity index (χ3n) is 6.19. The Hall–Kier alpha value is -3.29. The molecule has 1 aliphatic carbocycles. The molecule has 2 heterocycles. The second kappa shape index (κ2) is 10.5. The summed E-state index contributed by atoms with van der Waals surface area (Å²) in [5, 5.41) is 0. The van der Waals surface area contributed by atoms with Gasteiger partial charge in [-0.2, -0.15) is 0 Å². The first kappa shape index (κ1) is 23.5. The topological polar surface area (TPSA) is 79.0 Å². The lowest BCUT2D eigenvalue weighted by Crippen LogP contribution is -2.12. The quantitative estimate of drug-likeness (QED) is 0.368. The minimum absolute atomic E-state index is 0.0756. The van der Waals surface area contributed by atoms with E-state index in [1.54, 1.807) is 14.2 Å². The number of Topliss-reactive ketones (excluding diaryl/α,β-unsaturated/α-hetero) is 1. The molecule has 7 nitrogen and oxygen atoms in total. The molecule has 0 spiro atoms. The van der Waals surface area contributed by atoms with Crippen molar-refractivity contribution in [3.8, 4) is 23.0 Å². The summed E-state index contributed by atoms with van der Waals surface area (Å²) >= 11 is 0. The van der Waals surface area contributed by atoms with Crippen molar-refractivity contribution < 1.29 is 33.2 Å². The van der Waals surface area contributed by atoms with Gasteiger partial charge >= 0.3 is 0 Å². The molecule has 0 bridgehead atoms. The number of ether oxygens (including phenoxy) is 6. The minimum Gasteiger partial charge on any atom is -0.493 e. The van der Waals surface area contributed by atoms with E-state index in [0.717, 1.165) is 54.7 Å². The lowest BCUT2D eigenvalue weighted by atomic mass is 9.87. The van der Waals surface area contributed by atoms with Crippen LogP contribution in [-0.4, -0.2) is 58.6 Å². The first-order valence-electron chi connectivity index (χ1n) is 11.9. The molecule has 2 aromatic rings. The Morgan fingerprint density at radius 2 is 1.23 bits per heavy atom. The number of carbonyl (C=O) groups is 1. The van der Waals surface area contributed by atoms with Gasteiger partial charge in [-0.25, -0.2) is 0 Å². The molecule has 2 aromatic carbocycles. The molecule has 0 radical (unpaired) electrons. The van der Waals surface area contributed by atoms with Crippen LogP contribution in [0.3, 0.4) is 0 Å². The van der Waals surface area contributed by atoms with Crippen molar-refractivity contribution in [2.45, 2.75) is 31.5 Å². The van der Waals surface area contributed by atoms with Crippen LogP contribution in [-0.2, 0) is 14.3 Å². The molecule has 2 unspecified atom stereocenters. The van der Waals surface area contributed by atoms with E-state index < -0.39 is 0 Å². The largest absolute Gasteiger partial charge is 0.493 e. The SMILES string of the molecule is COc1cc(C=C2CCC/C(=C\c3ccc(OCC4CO4)c(OC)c3)C2=O)ccc1OCC1CO1. The molecule has 35 heavy (non-hydrogen) atoms. The van der Waals surface area contributed by atoms with E-state index in [9.17, 15) is 4.79 Å². The van der Waals surface area contributed by atoms with E-state index in [-0.39, 0.29) is 18.0 Å². The first-order chi connectivity index (χ1) is 17.1. The van der Waals surface area contributed by atoms with Gasteiger partial charge in [0, 0.05) is 11.1 Å². The van der Waals surface area contributed by atoms with E-state index in [2.05, 4.69) is 0 Å². The zero-order valence-corrected chi connectivity index (χ0v) is 20.1. The van der Waals surface area contributed by atoms with Crippen LogP contribution in [0.5, 0.6) is 23.0 Å². The lowest BCUT2D eigenvalue weighted by Gasteiger charge is -2.17. The van der Waals surface area contributed by atoms with Crippen molar-refractivity contribution in [1.82, 2.24) is 0 Å².